The molecule has 0 aromatic heterocycles. The average Bonchev–Trinajstić information content (AvgIpc) is 4.04. The van der Waals surface area contributed by atoms with Crippen molar-refractivity contribution in [3.8, 4) is 11.1 Å². The van der Waals surface area contributed by atoms with E-state index in [2.05, 4.69) is 76.2 Å². The highest BCUT2D eigenvalue weighted by Crippen LogP contribution is 2.56. The van der Waals surface area contributed by atoms with E-state index in [0.717, 1.165) is 110 Å². The number of ether oxygens (including phenoxy) is 4. The van der Waals surface area contributed by atoms with Gasteiger partial charge in [0.05, 0.1) is 52.9 Å². The lowest BCUT2D eigenvalue weighted by Crippen LogP contribution is -2.34. The normalized spacial score (nSPS) is 15.9. The molecule has 6 aromatic rings. The number of rotatable bonds is 7. The largest absolute Gasteiger partial charge is 0.372 e. The molecule has 0 unspecified atom stereocenters. The molecule has 0 N–H and O–H groups in total. The molecule has 6 nitrogen and oxygen atoms in total. The molecule has 4 heterocycles. The highest BCUT2D eigenvalue weighted by atomic mass is 31.2. The van der Waals surface area contributed by atoms with Crippen molar-refractivity contribution < 1.29 is 28.1 Å². The zero-order valence-electron chi connectivity index (χ0n) is 32.2. The predicted molar refractivity (Wildman–Crippen MR) is 224 cm³/mol. The van der Waals surface area contributed by atoms with Gasteiger partial charge in [0, 0.05) is 43.0 Å². The summed E-state index contributed by atoms with van der Waals surface area (Å²) in [5, 5.41) is 4.52. The lowest BCUT2D eigenvalue weighted by atomic mass is 9.85. The van der Waals surface area contributed by atoms with Crippen LogP contribution in [0.2, 0.25) is 0 Å². The van der Waals surface area contributed by atoms with Crippen molar-refractivity contribution >= 4 is 46.1 Å². The summed E-state index contributed by atoms with van der Waals surface area (Å²) in [5.74, 6) is 0. The monoisotopic (exact) mass is 778 g/mol. The third-order valence-electron chi connectivity index (χ3n) is 12.3. The van der Waals surface area contributed by atoms with Gasteiger partial charge in [-0.2, -0.15) is 0 Å². The molecule has 4 aliphatic heterocycles. The van der Waals surface area contributed by atoms with Crippen LogP contribution in [0, 0.1) is 27.7 Å². The van der Waals surface area contributed by atoms with Crippen LogP contribution >= 0.6 is 14.3 Å². The summed E-state index contributed by atoms with van der Waals surface area (Å²) >= 11 is 0. The topological polar surface area (TPSA) is 71.1 Å². The van der Waals surface area contributed by atoms with Crippen LogP contribution in [0.3, 0.4) is 0 Å². The summed E-state index contributed by atoms with van der Waals surface area (Å²) in [6.07, 6.45) is 0. The molecule has 4 aliphatic rings. The van der Waals surface area contributed by atoms with Gasteiger partial charge in [-0.25, -0.2) is 0 Å². The van der Waals surface area contributed by atoms with E-state index in [1.165, 1.54) is 0 Å². The summed E-state index contributed by atoms with van der Waals surface area (Å²) in [7, 11) is -7.33. The predicted octanol–water partition coefficient (Wildman–Crippen LogP) is 7.99. The Balaban J connectivity index is 1.42. The van der Waals surface area contributed by atoms with Gasteiger partial charge in [-0.1, -0.05) is 119 Å². The molecule has 0 bridgehead atoms. The first kappa shape index (κ1) is 36.0. The molecule has 8 heteroatoms. The molecule has 0 saturated heterocycles. The first-order chi connectivity index (χ1) is 27.2. The fraction of sp³-hybridized carbons (Fsp3) is 0.250. The van der Waals surface area contributed by atoms with E-state index in [9.17, 15) is 0 Å². The quantitative estimate of drug-likeness (QED) is 0.153. The van der Waals surface area contributed by atoms with Gasteiger partial charge < -0.3 is 28.1 Å². The smallest absolute Gasteiger partial charge is 0.172 e. The van der Waals surface area contributed by atoms with Crippen LogP contribution in [0.1, 0.15) is 66.8 Å². The van der Waals surface area contributed by atoms with E-state index in [1.807, 2.05) is 48.5 Å². The van der Waals surface area contributed by atoms with Crippen LogP contribution in [-0.2, 0) is 80.9 Å². The van der Waals surface area contributed by atoms with E-state index in [0.29, 0.717) is 52.9 Å². The van der Waals surface area contributed by atoms with Gasteiger partial charge in [0.1, 0.15) is 0 Å². The number of hydrogen-bond donors (Lipinski definition) is 0. The van der Waals surface area contributed by atoms with E-state index in [4.69, 9.17) is 18.9 Å². The molecule has 0 aliphatic carbocycles. The summed E-state index contributed by atoms with van der Waals surface area (Å²) in [5.41, 5.74) is 14.3. The number of hydrogen-bond acceptors (Lipinski definition) is 6. The second-order valence-electron chi connectivity index (χ2n) is 15.8. The Morgan fingerprint density at radius 1 is 0.321 bits per heavy atom. The number of benzene rings is 6. The standard InChI is InChI=1S/C48H44O6P2/c1-29-5-13-33(14-6-29)55(49,34-15-7-30(2)8-16-34)47-43-27-53-23-39(43)37-21-51-25-41(37)45(47)46-42-26-52-22-38(42)40-24-54-28-44(40)48(46)56(50,35-17-9-31(3)10-18-35)36-19-11-32(4)12-20-36/h5-20H,21-28H2,1-4H3. The molecule has 6 aromatic carbocycles. The van der Waals surface area contributed by atoms with Gasteiger partial charge in [0.15, 0.2) is 14.3 Å². The van der Waals surface area contributed by atoms with E-state index in [-0.39, 0.29) is 0 Å². The molecule has 10 rings (SSSR count). The van der Waals surface area contributed by atoms with E-state index >= 15 is 9.13 Å². The minimum atomic E-state index is -3.66. The maximum Gasteiger partial charge on any atom is 0.172 e. The van der Waals surface area contributed by atoms with Crippen LogP contribution in [0.5, 0.6) is 0 Å². The van der Waals surface area contributed by atoms with Crippen molar-refractivity contribution in [2.45, 2.75) is 80.6 Å². The molecular formula is C48H44O6P2. The van der Waals surface area contributed by atoms with Gasteiger partial charge >= 0.3 is 0 Å². The number of aryl methyl sites for hydroxylation is 4. The Labute approximate surface area is 328 Å². The van der Waals surface area contributed by atoms with Crippen molar-refractivity contribution in [3.63, 3.8) is 0 Å². The minimum absolute atomic E-state index is 0.322. The van der Waals surface area contributed by atoms with Gasteiger partial charge in [0.2, 0.25) is 0 Å². The molecular weight excluding hydrogens is 734 g/mol. The van der Waals surface area contributed by atoms with Gasteiger partial charge in [0.25, 0.3) is 0 Å². The maximum absolute atomic E-state index is 17.1. The van der Waals surface area contributed by atoms with Gasteiger partial charge in [-0.05, 0) is 72.2 Å². The SMILES string of the molecule is Cc1ccc(P(=O)(c2ccc(C)cc2)c2c3c(c4c(c2-c2c5c(c6c(c2P(=O)(c2ccc(C)cc2)c2ccc(C)cc2)COC6)COC5)COC4)COC3)cc1. The van der Waals surface area contributed by atoms with Crippen molar-refractivity contribution in [2.24, 2.45) is 0 Å². The summed E-state index contributed by atoms with van der Waals surface area (Å²) in [6.45, 7) is 11.3. The molecule has 56 heavy (non-hydrogen) atoms. The average molecular weight is 779 g/mol. The Bertz CT molecular complexity index is 2380. The Morgan fingerprint density at radius 3 is 0.804 bits per heavy atom. The van der Waals surface area contributed by atoms with Crippen LogP contribution in [-0.4, -0.2) is 0 Å². The third kappa shape index (κ3) is 5.38. The van der Waals surface area contributed by atoms with Crippen molar-refractivity contribution in [2.75, 3.05) is 0 Å². The summed E-state index contributed by atoms with van der Waals surface area (Å²) in [4.78, 5) is 0. The first-order valence-corrected chi connectivity index (χ1v) is 22.8. The van der Waals surface area contributed by atoms with Gasteiger partial charge in [-0.3, -0.25) is 0 Å². The zero-order valence-corrected chi connectivity index (χ0v) is 34.0. The second-order valence-corrected chi connectivity index (χ2v) is 21.2. The highest BCUT2D eigenvalue weighted by molar-refractivity contribution is 7.86. The molecule has 0 saturated carbocycles. The Kier molecular flexibility index (Phi) is 8.76. The molecule has 0 radical (unpaired) electrons. The van der Waals surface area contributed by atoms with Crippen LogP contribution < -0.4 is 31.8 Å². The highest BCUT2D eigenvalue weighted by Gasteiger charge is 2.46. The molecule has 0 amide bonds. The molecule has 0 fully saturated rings. The summed E-state index contributed by atoms with van der Waals surface area (Å²) in [6, 6.07) is 32.6. The van der Waals surface area contributed by atoms with Crippen molar-refractivity contribution in [3.05, 3.63) is 164 Å². The molecule has 0 atom stereocenters. The maximum atomic E-state index is 17.1. The van der Waals surface area contributed by atoms with Gasteiger partial charge in [-0.15, -0.1) is 0 Å². The lowest BCUT2D eigenvalue weighted by Gasteiger charge is -2.32. The van der Waals surface area contributed by atoms with E-state index in [1.54, 1.807) is 0 Å². The first-order valence-electron chi connectivity index (χ1n) is 19.4. The van der Waals surface area contributed by atoms with Crippen LogP contribution in [0.25, 0.3) is 11.1 Å². The van der Waals surface area contributed by atoms with Crippen molar-refractivity contribution in [1.29, 1.82) is 0 Å². The Morgan fingerprint density at radius 2 is 0.536 bits per heavy atom. The zero-order chi connectivity index (χ0) is 38.3. The second kappa shape index (κ2) is 13.6. The third-order valence-corrected chi connectivity index (χ3v) is 18.6. The minimum Gasteiger partial charge on any atom is -0.372 e. The van der Waals surface area contributed by atoms with Crippen molar-refractivity contribution in [1.82, 2.24) is 0 Å². The van der Waals surface area contributed by atoms with E-state index < -0.39 is 14.3 Å². The van der Waals surface area contributed by atoms with Crippen LogP contribution in [0.4, 0.5) is 0 Å². The fourth-order valence-electron chi connectivity index (χ4n) is 9.32. The summed E-state index contributed by atoms with van der Waals surface area (Å²) < 4.78 is 59.6. The molecule has 282 valence electrons. The Hall–Kier alpha value is -4.38. The number of fused-ring (bicyclic) bond motifs is 6. The van der Waals surface area contributed by atoms with Crippen LogP contribution in [0.15, 0.2) is 97.1 Å². The lowest BCUT2D eigenvalue weighted by molar-refractivity contribution is 0.126. The molecule has 0 spiro atoms. The fourth-order valence-corrected chi connectivity index (χ4v) is 15.5.